The summed E-state index contributed by atoms with van der Waals surface area (Å²) in [6.45, 7) is 6.28. The Labute approximate surface area is 215 Å². The minimum atomic E-state index is 0.0967. The van der Waals surface area contributed by atoms with Gasteiger partial charge in [0, 0.05) is 38.4 Å². The van der Waals surface area contributed by atoms with Gasteiger partial charge in [-0.05, 0) is 63.4 Å². The van der Waals surface area contributed by atoms with Crippen molar-refractivity contribution >= 4 is 18.1 Å². The Morgan fingerprint density at radius 3 is 2.92 bits per heavy atom. The first-order valence-electron chi connectivity index (χ1n) is 13.8. The van der Waals surface area contributed by atoms with Gasteiger partial charge in [0.05, 0.1) is 18.1 Å². The molecule has 0 spiro atoms. The highest BCUT2D eigenvalue weighted by Gasteiger charge is 2.39. The standard InChI is InChI=1S/C30H40N4O2/c1-2-8-25(12-6-11-23-9-4-3-5-10-23)30(35)34-18-15-27-26(21-34)29(32-22-31-27)33-17-14-24-13-7-20-36-28(24)16-19-33/h2-6,8-9,11-12,22-24,26-28H,7,10,13-21H2,1H3/b8-2-,11-6+,25-12+. The van der Waals surface area contributed by atoms with E-state index in [2.05, 4.69) is 35.3 Å². The summed E-state index contributed by atoms with van der Waals surface area (Å²) < 4.78 is 6.10. The number of hydrogen-bond donors (Lipinski definition) is 0. The van der Waals surface area contributed by atoms with Gasteiger partial charge in [0.25, 0.3) is 5.91 Å². The number of amidine groups is 1. The molecule has 0 aromatic rings. The van der Waals surface area contributed by atoms with Crippen LogP contribution in [0.25, 0.3) is 0 Å². The number of nitrogens with zero attached hydrogens (tertiary/aromatic N) is 4. The Morgan fingerprint density at radius 2 is 2.06 bits per heavy atom. The van der Waals surface area contributed by atoms with Crippen LogP contribution in [0.3, 0.4) is 0 Å². The Bertz CT molecular complexity index is 988. The second-order valence-electron chi connectivity index (χ2n) is 10.6. The number of likely N-dealkylation sites (tertiary alicyclic amines) is 2. The van der Waals surface area contributed by atoms with Crippen molar-refractivity contribution in [3.05, 3.63) is 60.3 Å². The van der Waals surface area contributed by atoms with Gasteiger partial charge < -0.3 is 14.5 Å². The summed E-state index contributed by atoms with van der Waals surface area (Å²) in [5, 5.41) is 0. The lowest BCUT2D eigenvalue weighted by molar-refractivity contribution is -0.128. The topological polar surface area (TPSA) is 57.5 Å². The van der Waals surface area contributed by atoms with Gasteiger partial charge in [0.15, 0.2) is 0 Å². The molecule has 0 aromatic carbocycles. The number of hydrogen-bond acceptors (Lipinski definition) is 5. The largest absolute Gasteiger partial charge is 0.378 e. The molecular weight excluding hydrogens is 448 g/mol. The summed E-state index contributed by atoms with van der Waals surface area (Å²) in [4.78, 5) is 27.6. The third kappa shape index (κ3) is 5.80. The van der Waals surface area contributed by atoms with E-state index in [-0.39, 0.29) is 17.9 Å². The maximum atomic E-state index is 13.6. The highest BCUT2D eigenvalue weighted by Crippen LogP contribution is 2.32. The molecule has 3 fully saturated rings. The Balaban J connectivity index is 1.26. The molecule has 0 radical (unpaired) electrons. The molecule has 5 rings (SSSR count). The van der Waals surface area contributed by atoms with Gasteiger partial charge in [0.2, 0.25) is 0 Å². The number of allylic oxidation sites excluding steroid dienone is 8. The van der Waals surface area contributed by atoms with Gasteiger partial charge >= 0.3 is 0 Å². The van der Waals surface area contributed by atoms with Crippen molar-refractivity contribution in [2.24, 2.45) is 27.7 Å². The summed E-state index contributed by atoms with van der Waals surface area (Å²) in [6.07, 6.45) is 27.3. The number of piperidine rings is 1. The fourth-order valence-electron chi connectivity index (χ4n) is 6.25. The van der Waals surface area contributed by atoms with Gasteiger partial charge in [-0.2, -0.15) is 0 Å². The molecular formula is C30H40N4O2. The summed E-state index contributed by atoms with van der Waals surface area (Å²) >= 11 is 0. The Hall–Kier alpha value is -2.73. The third-order valence-electron chi connectivity index (χ3n) is 8.24. The average Bonchev–Trinajstić information content (AvgIpc) is 3.15. The van der Waals surface area contributed by atoms with Gasteiger partial charge in [-0.25, -0.2) is 4.99 Å². The molecule has 3 saturated heterocycles. The van der Waals surface area contributed by atoms with Crippen LogP contribution in [0, 0.1) is 17.8 Å². The lowest BCUT2D eigenvalue weighted by Crippen LogP contribution is -2.53. The molecule has 0 bridgehead atoms. The predicted molar refractivity (Wildman–Crippen MR) is 146 cm³/mol. The van der Waals surface area contributed by atoms with Crippen LogP contribution >= 0.6 is 0 Å². The van der Waals surface area contributed by atoms with Crippen LogP contribution in [0.1, 0.15) is 45.4 Å². The molecule has 0 N–H and O–H groups in total. The van der Waals surface area contributed by atoms with E-state index in [0.717, 1.165) is 63.3 Å². The molecule has 5 aliphatic rings. The molecule has 5 atom stereocenters. The van der Waals surface area contributed by atoms with Gasteiger partial charge in [-0.15, -0.1) is 0 Å². The van der Waals surface area contributed by atoms with E-state index in [4.69, 9.17) is 14.7 Å². The first kappa shape index (κ1) is 24.9. The maximum absolute atomic E-state index is 13.6. The van der Waals surface area contributed by atoms with E-state index in [9.17, 15) is 4.79 Å². The molecule has 0 aromatic heterocycles. The smallest absolute Gasteiger partial charge is 0.253 e. The number of aliphatic imine (C=N–C) groups is 2. The van der Waals surface area contributed by atoms with Gasteiger partial charge in [0.1, 0.15) is 12.2 Å². The van der Waals surface area contributed by atoms with Crippen LogP contribution in [0.4, 0.5) is 0 Å². The van der Waals surface area contributed by atoms with E-state index in [0.29, 0.717) is 24.5 Å². The zero-order valence-corrected chi connectivity index (χ0v) is 21.5. The number of rotatable bonds is 4. The van der Waals surface area contributed by atoms with Gasteiger partial charge in [-0.3, -0.25) is 9.79 Å². The second-order valence-corrected chi connectivity index (χ2v) is 10.6. The lowest BCUT2D eigenvalue weighted by Gasteiger charge is -2.41. The van der Waals surface area contributed by atoms with Crippen molar-refractivity contribution < 1.29 is 9.53 Å². The minimum Gasteiger partial charge on any atom is -0.378 e. The molecule has 1 aliphatic carbocycles. The number of carbonyl (C=O) groups is 1. The van der Waals surface area contributed by atoms with Crippen molar-refractivity contribution in [3.8, 4) is 0 Å². The summed E-state index contributed by atoms with van der Waals surface area (Å²) in [5.74, 6) is 2.45. The maximum Gasteiger partial charge on any atom is 0.253 e. The predicted octanol–water partition coefficient (Wildman–Crippen LogP) is 4.73. The van der Waals surface area contributed by atoms with Crippen LogP contribution in [0.2, 0.25) is 0 Å². The molecule has 0 saturated carbocycles. The van der Waals surface area contributed by atoms with Crippen molar-refractivity contribution in [2.75, 3.05) is 32.8 Å². The van der Waals surface area contributed by atoms with Crippen LogP contribution in [0.5, 0.6) is 0 Å². The molecule has 6 nitrogen and oxygen atoms in total. The monoisotopic (exact) mass is 488 g/mol. The normalized spacial score (nSPS) is 33.0. The van der Waals surface area contributed by atoms with E-state index >= 15 is 0 Å². The SMILES string of the molecule is C\C=C/C(=C\C=C\C1C=CC=CC1)C(=O)N1CCC2N=CN=C(N3CCC4CCCOC4CC3)C2C1. The minimum absolute atomic E-state index is 0.0967. The summed E-state index contributed by atoms with van der Waals surface area (Å²) in [5.41, 5.74) is 0.733. The van der Waals surface area contributed by atoms with Crippen molar-refractivity contribution in [3.63, 3.8) is 0 Å². The van der Waals surface area contributed by atoms with Crippen molar-refractivity contribution in [1.82, 2.24) is 9.80 Å². The molecule has 5 unspecified atom stereocenters. The van der Waals surface area contributed by atoms with E-state index in [1.807, 2.05) is 36.1 Å². The highest BCUT2D eigenvalue weighted by atomic mass is 16.5. The molecule has 4 heterocycles. The van der Waals surface area contributed by atoms with E-state index in [1.54, 1.807) is 6.34 Å². The lowest BCUT2D eigenvalue weighted by atomic mass is 9.89. The van der Waals surface area contributed by atoms with E-state index < -0.39 is 0 Å². The first-order chi connectivity index (χ1) is 17.7. The second kappa shape index (κ2) is 12.0. The number of carbonyl (C=O) groups excluding carboxylic acids is 1. The number of ether oxygens (including phenoxy) is 1. The van der Waals surface area contributed by atoms with E-state index in [1.165, 1.54) is 12.8 Å². The molecule has 6 heteroatoms. The fraction of sp³-hybridized carbons (Fsp3) is 0.567. The van der Waals surface area contributed by atoms with Crippen molar-refractivity contribution in [1.29, 1.82) is 0 Å². The molecule has 1 amide bonds. The van der Waals surface area contributed by atoms with Crippen LogP contribution in [0.15, 0.2) is 70.2 Å². The Kier molecular flexibility index (Phi) is 8.32. The molecule has 192 valence electrons. The van der Waals surface area contributed by atoms with Crippen LogP contribution < -0.4 is 0 Å². The summed E-state index contributed by atoms with van der Waals surface area (Å²) in [6, 6.07) is 0.212. The van der Waals surface area contributed by atoms with Gasteiger partial charge in [-0.1, -0.05) is 48.6 Å². The van der Waals surface area contributed by atoms with Crippen LogP contribution in [-0.4, -0.2) is 72.8 Å². The summed E-state index contributed by atoms with van der Waals surface area (Å²) in [7, 11) is 0. The van der Waals surface area contributed by atoms with Crippen LogP contribution in [-0.2, 0) is 9.53 Å². The number of fused-ring (bicyclic) bond motifs is 2. The van der Waals surface area contributed by atoms with Crippen molar-refractivity contribution in [2.45, 2.75) is 57.6 Å². The number of amides is 1. The molecule has 36 heavy (non-hydrogen) atoms. The zero-order valence-electron chi connectivity index (χ0n) is 21.5. The Morgan fingerprint density at radius 1 is 1.14 bits per heavy atom. The highest BCUT2D eigenvalue weighted by molar-refractivity contribution is 5.98. The average molecular weight is 489 g/mol. The first-order valence-corrected chi connectivity index (χ1v) is 13.8. The third-order valence-corrected chi connectivity index (χ3v) is 8.24. The molecule has 4 aliphatic heterocycles. The fourth-order valence-corrected chi connectivity index (χ4v) is 6.25. The quantitative estimate of drug-likeness (QED) is 0.425. The zero-order chi connectivity index (χ0) is 24.7.